The van der Waals surface area contributed by atoms with Crippen LogP contribution in [0.25, 0.3) is 0 Å². The summed E-state index contributed by atoms with van der Waals surface area (Å²) in [4.78, 5) is 22.1. The topological polar surface area (TPSA) is 49.0 Å². The maximum atomic E-state index is 11.9. The van der Waals surface area contributed by atoms with Crippen molar-refractivity contribution in [2.75, 3.05) is 7.05 Å². The van der Waals surface area contributed by atoms with Crippen molar-refractivity contribution in [1.82, 2.24) is 14.9 Å². The van der Waals surface area contributed by atoms with Gasteiger partial charge >= 0.3 is 0 Å². The molecule has 2 saturated heterocycles. The van der Waals surface area contributed by atoms with Crippen molar-refractivity contribution >= 4 is 0 Å². The summed E-state index contributed by atoms with van der Waals surface area (Å²) >= 11 is 0. The van der Waals surface area contributed by atoms with Crippen LogP contribution >= 0.6 is 0 Å². The molecule has 1 N–H and O–H groups in total. The highest BCUT2D eigenvalue weighted by atomic mass is 16.1. The number of nitrogens with zero attached hydrogens (tertiary/aromatic N) is 2. The van der Waals surface area contributed by atoms with Crippen molar-refractivity contribution in [2.45, 2.75) is 64.0 Å². The number of rotatable bonds is 3. The van der Waals surface area contributed by atoms with Crippen LogP contribution in [0.1, 0.15) is 57.0 Å². The van der Waals surface area contributed by atoms with Crippen LogP contribution in [-0.4, -0.2) is 34.0 Å². The quantitative estimate of drug-likeness (QED) is 0.921. The molecule has 1 aromatic heterocycles. The molecule has 0 aliphatic carbocycles. The van der Waals surface area contributed by atoms with Crippen molar-refractivity contribution < 1.29 is 0 Å². The number of aromatic amines is 1. The number of fused-ring (bicyclic) bond motifs is 2. The summed E-state index contributed by atoms with van der Waals surface area (Å²) in [6, 6.07) is 3.02. The molecule has 0 aromatic carbocycles. The minimum absolute atomic E-state index is 0.0110. The summed E-state index contributed by atoms with van der Waals surface area (Å²) in [6.07, 6.45) is 5.76. The molecule has 4 heteroatoms. The second-order valence-electron chi connectivity index (χ2n) is 6.94. The Morgan fingerprint density at radius 2 is 2.00 bits per heavy atom. The minimum atomic E-state index is 0.0110. The molecular weight excluding hydrogens is 250 g/mol. The summed E-state index contributed by atoms with van der Waals surface area (Å²) < 4.78 is 0. The van der Waals surface area contributed by atoms with E-state index >= 15 is 0 Å². The summed E-state index contributed by atoms with van der Waals surface area (Å²) in [5, 5.41) is 0. The van der Waals surface area contributed by atoms with Gasteiger partial charge in [0.05, 0.1) is 0 Å². The van der Waals surface area contributed by atoms with Crippen LogP contribution in [0.4, 0.5) is 0 Å². The molecule has 2 unspecified atom stereocenters. The molecule has 3 rings (SSSR count). The molecule has 0 spiro atoms. The Labute approximate surface area is 120 Å². The molecule has 0 saturated carbocycles. The van der Waals surface area contributed by atoms with Crippen molar-refractivity contribution in [2.24, 2.45) is 5.92 Å². The summed E-state index contributed by atoms with van der Waals surface area (Å²) in [5.41, 5.74) is 0.960. The van der Waals surface area contributed by atoms with E-state index < -0.39 is 0 Å². The Morgan fingerprint density at radius 1 is 1.35 bits per heavy atom. The van der Waals surface area contributed by atoms with Gasteiger partial charge in [0.25, 0.3) is 5.56 Å². The zero-order chi connectivity index (χ0) is 14.3. The van der Waals surface area contributed by atoms with E-state index in [1.54, 1.807) is 6.07 Å². The number of H-pyrrole nitrogens is 1. The lowest BCUT2D eigenvalue weighted by Crippen LogP contribution is -2.39. The van der Waals surface area contributed by atoms with Gasteiger partial charge in [0.15, 0.2) is 0 Å². The van der Waals surface area contributed by atoms with E-state index in [0.717, 1.165) is 30.8 Å². The zero-order valence-electron chi connectivity index (χ0n) is 12.7. The highest BCUT2D eigenvalue weighted by molar-refractivity contribution is 5.10. The molecule has 2 bridgehead atoms. The Morgan fingerprint density at radius 3 is 2.60 bits per heavy atom. The summed E-state index contributed by atoms with van der Waals surface area (Å²) in [5.74, 6) is 1.90. The van der Waals surface area contributed by atoms with Crippen LogP contribution < -0.4 is 5.56 Å². The van der Waals surface area contributed by atoms with Gasteiger partial charge in [-0.25, -0.2) is 4.98 Å². The third-order valence-electron chi connectivity index (χ3n) is 4.92. The second-order valence-corrected chi connectivity index (χ2v) is 6.94. The number of piperidine rings is 1. The Balaban J connectivity index is 1.83. The number of aromatic nitrogens is 2. The minimum Gasteiger partial charge on any atom is -0.310 e. The Bertz CT molecular complexity index is 523. The SMILES string of the molecule is CC(C)Cc1cc(=O)[nH]c(C2CC3CCC(C2)N3C)n1. The molecule has 20 heavy (non-hydrogen) atoms. The van der Waals surface area contributed by atoms with Crippen LogP contribution in [0.15, 0.2) is 10.9 Å². The smallest absolute Gasteiger partial charge is 0.251 e. The molecule has 0 radical (unpaired) electrons. The third-order valence-corrected chi connectivity index (χ3v) is 4.92. The van der Waals surface area contributed by atoms with Gasteiger partial charge in [-0.2, -0.15) is 0 Å². The third kappa shape index (κ3) is 2.66. The number of hydrogen-bond donors (Lipinski definition) is 1. The van der Waals surface area contributed by atoms with Crippen molar-refractivity contribution in [3.63, 3.8) is 0 Å². The summed E-state index contributed by atoms with van der Waals surface area (Å²) in [6.45, 7) is 4.33. The van der Waals surface area contributed by atoms with Crippen LogP contribution in [0.5, 0.6) is 0 Å². The van der Waals surface area contributed by atoms with E-state index in [0.29, 0.717) is 23.9 Å². The van der Waals surface area contributed by atoms with Gasteiger partial charge in [-0.3, -0.25) is 4.79 Å². The van der Waals surface area contributed by atoms with Gasteiger partial charge in [-0.1, -0.05) is 13.8 Å². The van der Waals surface area contributed by atoms with Crippen LogP contribution in [0.2, 0.25) is 0 Å². The van der Waals surface area contributed by atoms with Crippen LogP contribution in [-0.2, 0) is 6.42 Å². The standard InChI is InChI=1S/C16H25N3O/c1-10(2)6-12-9-15(20)18-16(17-12)11-7-13-4-5-14(8-11)19(13)3/h9-11,13-14H,4-8H2,1-3H3,(H,17,18,20). The lowest BCUT2D eigenvalue weighted by atomic mass is 9.90. The zero-order valence-corrected chi connectivity index (χ0v) is 12.7. The van der Waals surface area contributed by atoms with Gasteiger partial charge in [0.2, 0.25) is 0 Å². The van der Waals surface area contributed by atoms with E-state index in [1.807, 2.05) is 0 Å². The second kappa shape index (κ2) is 5.32. The average Bonchev–Trinajstić information content (AvgIpc) is 2.61. The van der Waals surface area contributed by atoms with Gasteiger partial charge in [-0.15, -0.1) is 0 Å². The largest absolute Gasteiger partial charge is 0.310 e. The van der Waals surface area contributed by atoms with Crippen LogP contribution in [0, 0.1) is 5.92 Å². The molecule has 4 nitrogen and oxygen atoms in total. The average molecular weight is 275 g/mol. The molecule has 110 valence electrons. The molecule has 2 aliphatic rings. The van der Waals surface area contributed by atoms with Gasteiger partial charge in [-0.05, 0) is 45.1 Å². The maximum Gasteiger partial charge on any atom is 0.251 e. The lowest BCUT2D eigenvalue weighted by molar-refractivity contribution is 0.158. The van der Waals surface area contributed by atoms with Crippen molar-refractivity contribution in [3.8, 4) is 0 Å². The normalized spacial score (nSPS) is 30.1. The summed E-state index contributed by atoms with van der Waals surface area (Å²) in [7, 11) is 2.24. The molecule has 1 aromatic rings. The fraction of sp³-hybridized carbons (Fsp3) is 0.750. The number of hydrogen-bond acceptors (Lipinski definition) is 3. The number of nitrogens with one attached hydrogen (secondary N) is 1. The Hall–Kier alpha value is -1.16. The molecular formula is C16H25N3O. The molecule has 2 atom stereocenters. The van der Waals surface area contributed by atoms with Crippen molar-refractivity contribution in [3.05, 3.63) is 27.9 Å². The molecule has 3 heterocycles. The monoisotopic (exact) mass is 275 g/mol. The van der Waals surface area contributed by atoms with Crippen LogP contribution in [0.3, 0.4) is 0 Å². The van der Waals surface area contributed by atoms with E-state index in [1.165, 1.54) is 12.8 Å². The Kier molecular flexibility index (Phi) is 3.67. The highest BCUT2D eigenvalue weighted by Gasteiger charge is 2.39. The van der Waals surface area contributed by atoms with Gasteiger partial charge in [0.1, 0.15) is 5.82 Å². The van der Waals surface area contributed by atoms with E-state index in [4.69, 9.17) is 4.98 Å². The first-order chi connectivity index (χ1) is 9.52. The first-order valence-corrected chi connectivity index (χ1v) is 7.85. The molecule has 0 amide bonds. The lowest BCUT2D eigenvalue weighted by Gasteiger charge is -2.35. The predicted octanol–water partition coefficient (Wildman–Crippen LogP) is 2.31. The highest BCUT2D eigenvalue weighted by Crippen LogP contribution is 2.40. The fourth-order valence-corrected chi connectivity index (χ4v) is 3.88. The predicted molar refractivity (Wildman–Crippen MR) is 79.9 cm³/mol. The fourth-order valence-electron chi connectivity index (χ4n) is 3.88. The van der Waals surface area contributed by atoms with Crippen molar-refractivity contribution in [1.29, 1.82) is 0 Å². The van der Waals surface area contributed by atoms with Gasteiger partial charge in [0, 0.05) is 29.8 Å². The molecule has 2 aliphatic heterocycles. The van der Waals surface area contributed by atoms with Gasteiger partial charge < -0.3 is 9.88 Å². The van der Waals surface area contributed by atoms with E-state index in [9.17, 15) is 4.79 Å². The van der Waals surface area contributed by atoms with E-state index in [-0.39, 0.29) is 5.56 Å². The first kappa shape index (κ1) is 13.8. The molecule has 2 fully saturated rings. The maximum absolute atomic E-state index is 11.9. The van der Waals surface area contributed by atoms with E-state index in [2.05, 4.69) is 30.8 Å². The first-order valence-electron chi connectivity index (χ1n) is 7.85.